The fourth-order valence-electron chi connectivity index (χ4n) is 3.12. The number of fused-ring (bicyclic) bond motifs is 1. The zero-order valence-corrected chi connectivity index (χ0v) is 10.2. The molecule has 3 nitrogen and oxygen atoms in total. The number of carbonyl (C=O) groups is 1. The molecule has 1 saturated heterocycles. The Hall–Kier alpha value is -1.22. The molecule has 1 aliphatic carbocycles. The van der Waals surface area contributed by atoms with Crippen LogP contribution in [-0.2, 0) is 11.2 Å². The average molecular weight is 230 g/mol. The molecular weight excluding hydrogens is 212 g/mol. The second kappa shape index (κ2) is 3.91. The molecule has 2 heterocycles. The van der Waals surface area contributed by atoms with E-state index in [1.54, 1.807) is 6.20 Å². The van der Waals surface area contributed by atoms with Gasteiger partial charge in [-0.25, -0.2) is 0 Å². The van der Waals surface area contributed by atoms with Gasteiger partial charge < -0.3 is 5.32 Å². The largest absolute Gasteiger partial charge is 0.316 e. The molecule has 1 fully saturated rings. The van der Waals surface area contributed by atoms with Gasteiger partial charge in [-0.05, 0) is 37.4 Å². The molecule has 0 saturated carbocycles. The van der Waals surface area contributed by atoms with Gasteiger partial charge in [0.25, 0.3) is 0 Å². The number of pyridine rings is 1. The van der Waals surface area contributed by atoms with E-state index in [4.69, 9.17) is 0 Å². The summed E-state index contributed by atoms with van der Waals surface area (Å²) in [6.07, 6.45) is 4.72. The number of aryl methyl sites for hydroxylation is 1. The van der Waals surface area contributed by atoms with E-state index in [0.717, 1.165) is 38.0 Å². The Labute approximate surface area is 102 Å². The van der Waals surface area contributed by atoms with Crippen LogP contribution < -0.4 is 5.32 Å². The van der Waals surface area contributed by atoms with Gasteiger partial charge in [-0.3, -0.25) is 9.78 Å². The minimum Gasteiger partial charge on any atom is -0.316 e. The first kappa shape index (κ1) is 10.9. The summed E-state index contributed by atoms with van der Waals surface area (Å²) in [6.45, 7) is 3.88. The first-order chi connectivity index (χ1) is 8.21. The Kier molecular flexibility index (Phi) is 2.51. The summed E-state index contributed by atoms with van der Waals surface area (Å²) in [5.41, 5.74) is 2.12. The molecule has 0 spiro atoms. The number of aromatic nitrogens is 1. The van der Waals surface area contributed by atoms with Gasteiger partial charge in [0.15, 0.2) is 0 Å². The van der Waals surface area contributed by atoms with Crippen molar-refractivity contribution in [1.29, 1.82) is 0 Å². The van der Waals surface area contributed by atoms with E-state index in [0.29, 0.717) is 5.78 Å². The number of hydrogen-bond acceptors (Lipinski definition) is 3. The number of nitrogens with zero attached hydrogens (tertiary/aromatic N) is 1. The number of Topliss-reactive ketones (excluding diaryl/α,β-unsaturated/α-hetero) is 1. The molecule has 1 N–H and O–H groups in total. The van der Waals surface area contributed by atoms with E-state index in [1.807, 2.05) is 6.07 Å². The molecule has 3 heteroatoms. The molecule has 0 radical (unpaired) electrons. The van der Waals surface area contributed by atoms with Crippen LogP contribution in [0.4, 0.5) is 0 Å². The Balaban J connectivity index is 1.89. The first-order valence-corrected chi connectivity index (χ1v) is 6.39. The van der Waals surface area contributed by atoms with Crippen LogP contribution in [0.2, 0.25) is 0 Å². The minimum absolute atomic E-state index is 0.0381. The standard InChI is InChI=1S/C14H18N2O/c1-14(6-8-15-9-14)13(17)11-5-4-10-3-2-7-16-12(10)11/h2-3,7,11,15H,4-6,8-9H2,1H3. The number of rotatable bonds is 2. The highest BCUT2D eigenvalue weighted by Gasteiger charge is 2.42. The van der Waals surface area contributed by atoms with E-state index in [2.05, 4.69) is 23.3 Å². The molecule has 2 aliphatic rings. The maximum absolute atomic E-state index is 12.7. The molecule has 2 atom stereocenters. The van der Waals surface area contributed by atoms with Crippen molar-refractivity contribution >= 4 is 5.78 Å². The second-order valence-corrected chi connectivity index (χ2v) is 5.49. The zero-order chi connectivity index (χ0) is 11.9. The molecular formula is C14H18N2O. The van der Waals surface area contributed by atoms with Gasteiger partial charge in [0.2, 0.25) is 0 Å². The quantitative estimate of drug-likeness (QED) is 0.840. The molecule has 0 bridgehead atoms. The van der Waals surface area contributed by atoms with Crippen LogP contribution in [0.5, 0.6) is 0 Å². The molecule has 1 aromatic heterocycles. The van der Waals surface area contributed by atoms with E-state index in [1.165, 1.54) is 5.56 Å². The Morgan fingerprint density at radius 2 is 2.47 bits per heavy atom. The van der Waals surface area contributed by atoms with Crippen molar-refractivity contribution in [2.45, 2.75) is 32.1 Å². The van der Waals surface area contributed by atoms with Gasteiger partial charge >= 0.3 is 0 Å². The van der Waals surface area contributed by atoms with E-state index >= 15 is 0 Å². The molecule has 90 valence electrons. The second-order valence-electron chi connectivity index (χ2n) is 5.49. The van der Waals surface area contributed by atoms with Gasteiger partial charge in [0.05, 0.1) is 11.6 Å². The lowest BCUT2D eigenvalue weighted by molar-refractivity contribution is -0.128. The highest BCUT2D eigenvalue weighted by molar-refractivity contribution is 5.91. The number of ketones is 1. The highest BCUT2D eigenvalue weighted by Crippen LogP contribution is 2.39. The summed E-state index contributed by atoms with van der Waals surface area (Å²) >= 11 is 0. The van der Waals surface area contributed by atoms with Crippen molar-refractivity contribution in [3.05, 3.63) is 29.6 Å². The SMILES string of the molecule is CC1(C(=O)C2CCc3cccnc32)CCNC1. The van der Waals surface area contributed by atoms with Crippen molar-refractivity contribution in [3.63, 3.8) is 0 Å². The van der Waals surface area contributed by atoms with Crippen molar-refractivity contribution in [3.8, 4) is 0 Å². The normalized spacial score (nSPS) is 31.5. The van der Waals surface area contributed by atoms with Crippen LogP contribution in [0.3, 0.4) is 0 Å². The summed E-state index contributed by atoms with van der Waals surface area (Å²) in [7, 11) is 0. The number of carbonyl (C=O) groups excluding carboxylic acids is 1. The van der Waals surface area contributed by atoms with Crippen molar-refractivity contribution in [1.82, 2.24) is 10.3 Å². The maximum atomic E-state index is 12.7. The fraction of sp³-hybridized carbons (Fsp3) is 0.571. The lowest BCUT2D eigenvalue weighted by Crippen LogP contribution is -2.34. The predicted molar refractivity (Wildman–Crippen MR) is 65.9 cm³/mol. The Morgan fingerprint density at radius 1 is 1.59 bits per heavy atom. The Morgan fingerprint density at radius 3 is 3.24 bits per heavy atom. The van der Waals surface area contributed by atoms with Gasteiger partial charge in [-0.2, -0.15) is 0 Å². The molecule has 1 aromatic rings. The van der Waals surface area contributed by atoms with Crippen LogP contribution in [0, 0.1) is 5.41 Å². The highest BCUT2D eigenvalue weighted by atomic mass is 16.1. The summed E-state index contributed by atoms with van der Waals surface area (Å²) in [6, 6.07) is 4.06. The summed E-state index contributed by atoms with van der Waals surface area (Å²) in [5.74, 6) is 0.427. The lowest BCUT2D eigenvalue weighted by atomic mass is 9.78. The van der Waals surface area contributed by atoms with E-state index in [-0.39, 0.29) is 11.3 Å². The van der Waals surface area contributed by atoms with Gasteiger partial charge in [-0.1, -0.05) is 13.0 Å². The third kappa shape index (κ3) is 1.69. The van der Waals surface area contributed by atoms with Crippen molar-refractivity contribution in [2.75, 3.05) is 13.1 Å². The van der Waals surface area contributed by atoms with Crippen LogP contribution in [0.15, 0.2) is 18.3 Å². The van der Waals surface area contributed by atoms with E-state index < -0.39 is 0 Å². The first-order valence-electron chi connectivity index (χ1n) is 6.39. The van der Waals surface area contributed by atoms with Crippen LogP contribution in [0.1, 0.15) is 36.9 Å². The van der Waals surface area contributed by atoms with Crippen LogP contribution in [0.25, 0.3) is 0 Å². The summed E-state index contributed by atoms with van der Waals surface area (Å²) < 4.78 is 0. The summed E-state index contributed by atoms with van der Waals surface area (Å²) in [5, 5.41) is 3.30. The van der Waals surface area contributed by atoms with E-state index in [9.17, 15) is 4.79 Å². The third-order valence-electron chi connectivity index (χ3n) is 4.24. The number of nitrogens with one attached hydrogen (secondary N) is 1. The third-order valence-corrected chi connectivity index (χ3v) is 4.24. The zero-order valence-electron chi connectivity index (χ0n) is 10.2. The smallest absolute Gasteiger partial charge is 0.149 e. The molecule has 0 aromatic carbocycles. The average Bonchev–Trinajstić information content (AvgIpc) is 2.95. The van der Waals surface area contributed by atoms with Crippen molar-refractivity contribution in [2.24, 2.45) is 5.41 Å². The molecule has 0 amide bonds. The lowest BCUT2D eigenvalue weighted by Gasteiger charge is -2.24. The molecule has 2 unspecified atom stereocenters. The maximum Gasteiger partial charge on any atom is 0.149 e. The summed E-state index contributed by atoms with van der Waals surface area (Å²) in [4.78, 5) is 17.1. The fourth-order valence-corrected chi connectivity index (χ4v) is 3.12. The van der Waals surface area contributed by atoms with Gasteiger partial charge in [0.1, 0.15) is 5.78 Å². The Bertz CT molecular complexity index is 449. The monoisotopic (exact) mass is 230 g/mol. The minimum atomic E-state index is -0.177. The van der Waals surface area contributed by atoms with Gasteiger partial charge in [-0.15, -0.1) is 0 Å². The molecule has 3 rings (SSSR count). The van der Waals surface area contributed by atoms with Gasteiger partial charge in [0, 0.05) is 18.2 Å². The predicted octanol–water partition coefficient (Wildman–Crippen LogP) is 1.68. The molecule has 1 aliphatic heterocycles. The topological polar surface area (TPSA) is 42.0 Å². The van der Waals surface area contributed by atoms with Crippen LogP contribution in [-0.4, -0.2) is 23.9 Å². The molecule has 17 heavy (non-hydrogen) atoms. The number of hydrogen-bond donors (Lipinski definition) is 1. The van der Waals surface area contributed by atoms with Crippen molar-refractivity contribution < 1.29 is 4.79 Å². The van der Waals surface area contributed by atoms with Crippen LogP contribution >= 0.6 is 0 Å².